The molecule has 0 aliphatic carbocycles. The van der Waals surface area contributed by atoms with Crippen molar-refractivity contribution in [2.24, 2.45) is 5.84 Å². The summed E-state index contributed by atoms with van der Waals surface area (Å²) < 4.78 is 4.83. The Morgan fingerprint density at radius 1 is 1.60 bits per heavy atom. The largest absolute Gasteiger partial charge is 0.372 e. The molecular formula is C8H11ClN4O2. The lowest BCUT2D eigenvalue weighted by Gasteiger charge is -2.18. The summed E-state index contributed by atoms with van der Waals surface area (Å²) in [5.41, 5.74) is 0. The first-order chi connectivity index (χ1) is 7.07. The normalized spacial score (nSPS) is 12.3. The molecule has 7 heteroatoms. The topological polar surface area (TPSA) is 81.3 Å². The number of anilines is 1. The molecule has 0 fully saturated rings. The van der Waals surface area contributed by atoms with E-state index in [1.165, 1.54) is 19.5 Å². The van der Waals surface area contributed by atoms with Crippen LogP contribution in [-0.2, 0) is 9.53 Å². The molecule has 0 aromatic carbocycles. The molecular weight excluding hydrogens is 220 g/mol. The van der Waals surface area contributed by atoms with Crippen LogP contribution in [0, 0.1) is 0 Å². The minimum atomic E-state index is -0.659. The van der Waals surface area contributed by atoms with Crippen LogP contribution in [0.1, 0.15) is 6.92 Å². The van der Waals surface area contributed by atoms with Gasteiger partial charge in [0, 0.05) is 19.5 Å². The standard InChI is InChI=1S/C8H11ClN4O2/c1-5(15-2)8(14)13(10)7-6(9)11-3-4-12-7/h3-5H,10H2,1-2H3. The van der Waals surface area contributed by atoms with E-state index in [0.717, 1.165) is 5.01 Å². The van der Waals surface area contributed by atoms with Crippen molar-refractivity contribution in [1.29, 1.82) is 0 Å². The Bertz CT molecular complexity index is 360. The Hall–Kier alpha value is -1.24. The molecule has 82 valence electrons. The third-order valence-corrected chi connectivity index (χ3v) is 2.07. The molecule has 6 nitrogen and oxygen atoms in total. The zero-order valence-electron chi connectivity index (χ0n) is 8.35. The number of carbonyl (C=O) groups is 1. The van der Waals surface area contributed by atoms with E-state index in [2.05, 4.69) is 9.97 Å². The molecule has 15 heavy (non-hydrogen) atoms. The number of halogens is 1. The minimum absolute atomic E-state index is 0.0663. The average Bonchev–Trinajstić information content (AvgIpc) is 2.26. The molecule has 1 heterocycles. The van der Waals surface area contributed by atoms with Crippen molar-refractivity contribution >= 4 is 23.3 Å². The van der Waals surface area contributed by atoms with Crippen LogP contribution in [0.5, 0.6) is 0 Å². The summed E-state index contributed by atoms with van der Waals surface area (Å²) in [7, 11) is 1.41. The lowest BCUT2D eigenvalue weighted by Crippen LogP contribution is -2.44. The highest BCUT2D eigenvalue weighted by atomic mass is 35.5. The summed E-state index contributed by atoms with van der Waals surface area (Å²) in [5, 5.41) is 0.889. The van der Waals surface area contributed by atoms with Crippen LogP contribution in [0.3, 0.4) is 0 Å². The number of hydrogen-bond donors (Lipinski definition) is 1. The van der Waals surface area contributed by atoms with Gasteiger partial charge >= 0.3 is 0 Å². The highest BCUT2D eigenvalue weighted by molar-refractivity contribution is 6.32. The van der Waals surface area contributed by atoms with Gasteiger partial charge < -0.3 is 4.74 Å². The quantitative estimate of drug-likeness (QED) is 0.461. The fraction of sp³-hybridized carbons (Fsp3) is 0.375. The van der Waals surface area contributed by atoms with Crippen molar-refractivity contribution < 1.29 is 9.53 Å². The molecule has 1 unspecified atom stereocenters. The second-order valence-electron chi connectivity index (χ2n) is 2.76. The first kappa shape index (κ1) is 11.8. The van der Waals surface area contributed by atoms with E-state index in [0.29, 0.717) is 0 Å². The molecule has 1 amide bonds. The van der Waals surface area contributed by atoms with Crippen LogP contribution in [0.25, 0.3) is 0 Å². The van der Waals surface area contributed by atoms with E-state index in [1.54, 1.807) is 6.92 Å². The molecule has 1 aromatic heterocycles. The van der Waals surface area contributed by atoms with Crippen molar-refractivity contribution in [3.05, 3.63) is 17.5 Å². The van der Waals surface area contributed by atoms with Gasteiger partial charge in [-0.1, -0.05) is 11.6 Å². The van der Waals surface area contributed by atoms with Crippen LogP contribution < -0.4 is 10.9 Å². The molecule has 1 rings (SSSR count). The number of aromatic nitrogens is 2. The van der Waals surface area contributed by atoms with Crippen molar-refractivity contribution in [1.82, 2.24) is 9.97 Å². The van der Waals surface area contributed by atoms with Gasteiger partial charge in [-0.15, -0.1) is 0 Å². The Labute approximate surface area is 92.0 Å². The van der Waals surface area contributed by atoms with Gasteiger partial charge in [0.25, 0.3) is 5.91 Å². The van der Waals surface area contributed by atoms with E-state index >= 15 is 0 Å². The number of ether oxygens (including phenoxy) is 1. The number of methoxy groups -OCH3 is 1. The Balaban J connectivity index is 2.90. The van der Waals surface area contributed by atoms with E-state index in [4.69, 9.17) is 22.2 Å². The van der Waals surface area contributed by atoms with Gasteiger partial charge in [-0.2, -0.15) is 0 Å². The first-order valence-corrected chi connectivity index (χ1v) is 4.53. The fourth-order valence-corrected chi connectivity index (χ4v) is 1.07. The number of rotatable bonds is 3. The molecule has 1 atom stereocenters. The lowest BCUT2D eigenvalue weighted by molar-refractivity contribution is -0.127. The maximum atomic E-state index is 11.6. The summed E-state index contributed by atoms with van der Waals surface area (Å²) in [6, 6.07) is 0. The SMILES string of the molecule is COC(C)C(=O)N(N)c1nccnc1Cl. The van der Waals surface area contributed by atoms with E-state index in [-0.39, 0.29) is 11.0 Å². The molecule has 0 bridgehead atoms. The van der Waals surface area contributed by atoms with Crippen LogP contribution in [0.15, 0.2) is 12.4 Å². The lowest BCUT2D eigenvalue weighted by atomic mass is 10.3. The molecule has 0 aliphatic rings. The number of nitrogens with two attached hydrogens (primary N) is 1. The zero-order valence-corrected chi connectivity index (χ0v) is 9.10. The van der Waals surface area contributed by atoms with Crippen molar-refractivity contribution in [3.63, 3.8) is 0 Å². The van der Waals surface area contributed by atoms with Crippen molar-refractivity contribution in [2.75, 3.05) is 12.1 Å². The van der Waals surface area contributed by atoms with Gasteiger partial charge in [-0.25, -0.2) is 20.8 Å². The van der Waals surface area contributed by atoms with E-state index in [9.17, 15) is 4.79 Å². The molecule has 0 aliphatic heterocycles. The van der Waals surface area contributed by atoms with Gasteiger partial charge in [-0.05, 0) is 6.92 Å². The monoisotopic (exact) mass is 230 g/mol. The van der Waals surface area contributed by atoms with Crippen molar-refractivity contribution in [2.45, 2.75) is 13.0 Å². The average molecular weight is 231 g/mol. The zero-order chi connectivity index (χ0) is 11.4. The Morgan fingerprint density at radius 2 is 2.20 bits per heavy atom. The van der Waals surface area contributed by atoms with Gasteiger partial charge in [0.15, 0.2) is 11.0 Å². The predicted octanol–water partition coefficient (Wildman–Crippen LogP) is 0.372. The summed E-state index contributed by atoms with van der Waals surface area (Å²) in [6.45, 7) is 1.58. The third-order valence-electron chi connectivity index (χ3n) is 1.80. The second-order valence-corrected chi connectivity index (χ2v) is 3.11. The van der Waals surface area contributed by atoms with Crippen LogP contribution in [0.4, 0.5) is 5.82 Å². The molecule has 0 saturated carbocycles. The van der Waals surface area contributed by atoms with Crippen LogP contribution in [-0.4, -0.2) is 29.1 Å². The molecule has 0 radical (unpaired) electrons. The number of hydrogen-bond acceptors (Lipinski definition) is 5. The minimum Gasteiger partial charge on any atom is -0.372 e. The molecule has 2 N–H and O–H groups in total. The predicted molar refractivity (Wildman–Crippen MR) is 55.2 cm³/mol. The van der Waals surface area contributed by atoms with Crippen molar-refractivity contribution in [3.8, 4) is 0 Å². The molecule has 0 spiro atoms. The number of hydrazine groups is 1. The Morgan fingerprint density at radius 3 is 2.73 bits per heavy atom. The van der Waals surface area contributed by atoms with Gasteiger partial charge in [0.05, 0.1) is 0 Å². The maximum Gasteiger partial charge on any atom is 0.271 e. The number of nitrogens with zero attached hydrogens (tertiary/aromatic N) is 3. The summed E-state index contributed by atoms with van der Waals surface area (Å²) in [5.74, 6) is 5.19. The summed E-state index contributed by atoms with van der Waals surface area (Å²) >= 11 is 5.72. The van der Waals surface area contributed by atoms with Gasteiger partial charge in [0.2, 0.25) is 0 Å². The first-order valence-electron chi connectivity index (χ1n) is 4.16. The Kier molecular flexibility index (Phi) is 3.96. The van der Waals surface area contributed by atoms with Gasteiger partial charge in [0.1, 0.15) is 6.10 Å². The summed E-state index contributed by atoms with van der Waals surface area (Å²) in [4.78, 5) is 19.2. The van der Waals surface area contributed by atoms with Crippen LogP contribution in [0.2, 0.25) is 5.15 Å². The van der Waals surface area contributed by atoms with E-state index < -0.39 is 12.0 Å². The maximum absolute atomic E-state index is 11.6. The van der Waals surface area contributed by atoms with Gasteiger partial charge in [-0.3, -0.25) is 4.79 Å². The highest BCUT2D eigenvalue weighted by Crippen LogP contribution is 2.17. The van der Waals surface area contributed by atoms with Crippen LogP contribution >= 0.6 is 11.6 Å². The number of amides is 1. The molecule has 1 aromatic rings. The smallest absolute Gasteiger partial charge is 0.271 e. The second kappa shape index (κ2) is 5.01. The molecule has 0 saturated heterocycles. The fourth-order valence-electron chi connectivity index (χ4n) is 0.876. The number of carbonyl (C=O) groups excluding carboxylic acids is 1. The van der Waals surface area contributed by atoms with E-state index in [1.807, 2.05) is 0 Å². The highest BCUT2D eigenvalue weighted by Gasteiger charge is 2.22. The third kappa shape index (κ3) is 2.62. The summed E-state index contributed by atoms with van der Waals surface area (Å²) in [6.07, 6.45) is 2.14.